The Labute approximate surface area is 83.4 Å². The Balaban J connectivity index is 2.45. The molecule has 1 atom stereocenters. The minimum Gasteiger partial charge on any atom is -0.391 e. The molecule has 14 heavy (non-hydrogen) atoms. The van der Waals surface area contributed by atoms with Gasteiger partial charge < -0.3 is 16.2 Å². The maximum Gasteiger partial charge on any atom is 0.147 e. The highest BCUT2D eigenvalue weighted by Gasteiger charge is 2.08. The average molecular weight is 196 g/mol. The van der Waals surface area contributed by atoms with Gasteiger partial charge in [-0.25, -0.2) is 4.98 Å². The Kier molecular flexibility index (Phi) is 3.64. The topological polar surface area (TPSA) is 84.1 Å². The van der Waals surface area contributed by atoms with Crippen LogP contribution in [0.15, 0.2) is 12.4 Å². The Morgan fingerprint density at radius 1 is 1.50 bits per heavy atom. The van der Waals surface area contributed by atoms with E-state index in [0.29, 0.717) is 18.2 Å². The van der Waals surface area contributed by atoms with E-state index in [9.17, 15) is 5.11 Å². The van der Waals surface area contributed by atoms with E-state index in [1.807, 2.05) is 13.8 Å². The normalized spacial score (nSPS) is 12.9. The molecule has 5 nitrogen and oxygen atoms in total. The van der Waals surface area contributed by atoms with Crippen molar-refractivity contribution < 1.29 is 5.11 Å². The second kappa shape index (κ2) is 4.76. The molecule has 0 aliphatic carbocycles. The van der Waals surface area contributed by atoms with Crippen LogP contribution in [0.1, 0.15) is 13.8 Å². The molecule has 1 heterocycles. The molecule has 0 radical (unpaired) electrons. The van der Waals surface area contributed by atoms with Crippen LogP contribution in [0, 0.1) is 5.92 Å². The zero-order valence-electron chi connectivity index (χ0n) is 8.44. The van der Waals surface area contributed by atoms with Gasteiger partial charge in [0.2, 0.25) is 0 Å². The fraction of sp³-hybridized carbons (Fsp3) is 0.556. The van der Waals surface area contributed by atoms with Crippen molar-refractivity contribution in [3.05, 3.63) is 12.4 Å². The number of aliphatic hydroxyl groups is 1. The van der Waals surface area contributed by atoms with Crippen LogP contribution in [0.4, 0.5) is 11.6 Å². The van der Waals surface area contributed by atoms with E-state index in [1.165, 1.54) is 6.20 Å². The minimum atomic E-state index is -0.391. The predicted octanol–water partition coefficient (Wildman–Crippen LogP) is 0.488. The number of nitrogen functional groups attached to an aromatic ring is 1. The number of aromatic nitrogens is 2. The molecule has 0 bridgehead atoms. The molecule has 5 heteroatoms. The zero-order valence-corrected chi connectivity index (χ0v) is 8.44. The fourth-order valence-electron chi connectivity index (χ4n) is 0.911. The molecule has 1 aromatic rings. The van der Waals surface area contributed by atoms with Crippen LogP contribution >= 0.6 is 0 Å². The number of aliphatic hydroxyl groups excluding tert-OH is 1. The summed E-state index contributed by atoms with van der Waals surface area (Å²) in [4.78, 5) is 7.87. The van der Waals surface area contributed by atoms with Gasteiger partial charge in [0.25, 0.3) is 0 Å². The summed E-state index contributed by atoms with van der Waals surface area (Å²) in [5.74, 6) is 1.18. The van der Waals surface area contributed by atoms with Crippen molar-refractivity contribution in [2.75, 3.05) is 17.6 Å². The predicted molar refractivity (Wildman–Crippen MR) is 55.8 cm³/mol. The minimum absolute atomic E-state index is 0.219. The summed E-state index contributed by atoms with van der Waals surface area (Å²) in [6.07, 6.45) is 2.66. The first-order valence-corrected chi connectivity index (χ1v) is 4.59. The highest BCUT2D eigenvalue weighted by Crippen LogP contribution is 2.05. The molecule has 0 aromatic carbocycles. The monoisotopic (exact) mass is 196 g/mol. The summed E-state index contributed by atoms with van der Waals surface area (Å²) in [6.45, 7) is 4.37. The van der Waals surface area contributed by atoms with Gasteiger partial charge in [-0.3, -0.25) is 4.98 Å². The molecule has 0 aliphatic heterocycles. The van der Waals surface area contributed by atoms with Crippen LogP contribution in [-0.2, 0) is 0 Å². The van der Waals surface area contributed by atoms with Crippen LogP contribution in [-0.4, -0.2) is 27.7 Å². The molecule has 0 spiro atoms. The highest BCUT2D eigenvalue weighted by atomic mass is 16.3. The number of rotatable bonds is 4. The van der Waals surface area contributed by atoms with Gasteiger partial charge >= 0.3 is 0 Å². The standard InChI is InChI=1S/C9H16N4O/c1-6(2)7(14)3-12-9-5-11-4-8(10)13-9/h4-7,14H,3H2,1-2H3,(H3,10,12,13). The lowest BCUT2D eigenvalue weighted by Gasteiger charge is -2.15. The van der Waals surface area contributed by atoms with E-state index in [4.69, 9.17) is 5.73 Å². The van der Waals surface area contributed by atoms with Crippen molar-refractivity contribution in [3.8, 4) is 0 Å². The van der Waals surface area contributed by atoms with Gasteiger partial charge in [-0.15, -0.1) is 0 Å². The van der Waals surface area contributed by atoms with Crippen molar-refractivity contribution >= 4 is 11.6 Å². The Bertz CT molecular complexity index is 290. The van der Waals surface area contributed by atoms with Crippen molar-refractivity contribution in [2.45, 2.75) is 20.0 Å². The Hall–Kier alpha value is -1.36. The first kappa shape index (κ1) is 10.7. The summed E-state index contributed by atoms with van der Waals surface area (Å²) < 4.78 is 0. The molecule has 78 valence electrons. The number of hydrogen-bond acceptors (Lipinski definition) is 5. The van der Waals surface area contributed by atoms with Crippen molar-refractivity contribution in [1.82, 2.24) is 9.97 Å². The van der Waals surface area contributed by atoms with Crippen LogP contribution in [0.5, 0.6) is 0 Å². The lowest BCUT2D eigenvalue weighted by molar-refractivity contribution is 0.138. The van der Waals surface area contributed by atoms with Gasteiger partial charge in [0, 0.05) is 6.54 Å². The number of anilines is 2. The molecule has 0 saturated carbocycles. The Morgan fingerprint density at radius 2 is 2.21 bits per heavy atom. The van der Waals surface area contributed by atoms with Gasteiger partial charge in [0.05, 0.1) is 18.5 Å². The maximum atomic E-state index is 9.52. The van der Waals surface area contributed by atoms with Crippen molar-refractivity contribution in [1.29, 1.82) is 0 Å². The van der Waals surface area contributed by atoms with Crippen LogP contribution < -0.4 is 11.1 Å². The second-order valence-corrected chi connectivity index (χ2v) is 3.52. The highest BCUT2D eigenvalue weighted by molar-refractivity contribution is 5.38. The van der Waals surface area contributed by atoms with Crippen molar-refractivity contribution in [3.63, 3.8) is 0 Å². The molecule has 1 unspecified atom stereocenters. The maximum absolute atomic E-state index is 9.52. The molecule has 1 rings (SSSR count). The van der Waals surface area contributed by atoms with Crippen LogP contribution in [0.3, 0.4) is 0 Å². The van der Waals surface area contributed by atoms with Gasteiger partial charge in [-0.2, -0.15) is 0 Å². The van der Waals surface area contributed by atoms with E-state index in [2.05, 4.69) is 15.3 Å². The summed E-state index contributed by atoms with van der Waals surface area (Å²) in [5.41, 5.74) is 5.45. The lowest BCUT2D eigenvalue weighted by atomic mass is 10.1. The van der Waals surface area contributed by atoms with Gasteiger partial charge in [0.1, 0.15) is 11.6 Å². The smallest absolute Gasteiger partial charge is 0.147 e. The molecule has 0 saturated heterocycles. The molecule has 0 aliphatic rings. The first-order valence-electron chi connectivity index (χ1n) is 4.59. The first-order chi connectivity index (χ1) is 6.59. The SMILES string of the molecule is CC(C)C(O)CNc1cncc(N)n1. The molecule has 0 fully saturated rings. The van der Waals surface area contributed by atoms with Gasteiger partial charge in [0.15, 0.2) is 0 Å². The summed E-state index contributed by atoms with van der Waals surface area (Å²) in [7, 11) is 0. The van der Waals surface area contributed by atoms with Crippen molar-refractivity contribution in [2.24, 2.45) is 5.92 Å². The number of hydrogen-bond donors (Lipinski definition) is 3. The number of nitrogens with zero attached hydrogens (tertiary/aromatic N) is 2. The number of nitrogens with two attached hydrogens (primary N) is 1. The number of nitrogens with one attached hydrogen (secondary N) is 1. The molecular formula is C9H16N4O. The van der Waals surface area contributed by atoms with E-state index in [-0.39, 0.29) is 5.92 Å². The van der Waals surface area contributed by atoms with E-state index in [1.54, 1.807) is 6.20 Å². The summed E-state index contributed by atoms with van der Waals surface area (Å²) in [5, 5.41) is 12.5. The van der Waals surface area contributed by atoms with Gasteiger partial charge in [-0.1, -0.05) is 13.8 Å². The van der Waals surface area contributed by atoms with Gasteiger partial charge in [-0.05, 0) is 5.92 Å². The summed E-state index contributed by atoms with van der Waals surface area (Å²) in [6, 6.07) is 0. The third-order valence-corrected chi connectivity index (χ3v) is 1.92. The van der Waals surface area contributed by atoms with Crippen LogP contribution in [0.25, 0.3) is 0 Å². The quantitative estimate of drug-likeness (QED) is 0.652. The second-order valence-electron chi connectivity index (χ2n) is 3.52. The lowest BCUT2D eigenvalue weighted by Crippen LogP contribution is -2.25. The molecular weight excluding hydrogens is 180 g/mol. The fourth-order valence-corrected chi connectivity index (χ4v) is 0.911. The average Bonchev–Trinajstić information content (AvgIpc) is 2.14. The van der Waals surface area contributed by atoms with E-state index in [0.717, 1.165) is 0 Å². The Morgan fingerprint density at radius 3 is 2.79 bits per heavy atom. The zero-order chi connectivity index (χ0) is 10.6. The third-order valence-electron chi connectivity index (χ3n) is 1.92. The molecule has 1 aromatic heterocycles. The summed E-state index contributed by atoms with van der Waals surface area (Å²) >= 11 is 0. The largest absolute Gasteiger partial charge is 0.391 e. The molecule has 0 amide bonds. The third kappa shape index (κ3) is 3.18. The van der Waals surface area contributed by atoms with Crippen LogP contribution in [0.2, 0.25) is 0 Å². The van der Waals surface area contributed by atoms with E-state index >= 15 is 0 Å². The molecule has 4 N–H and O–H groups in total. The van der Waals surface area contributed by atoms with E-state index < -0.39 is 6.10 Å².